The summed E-state index contributed by atoms with van der Waals surface area (Å²) in [4.78, 5) is 12.2. The van der Waals surface area contributed by atoms with E-state index in [0.717, 1.165) is 16.4 Å². The molecule has 0 aliphatic heterocycles. The maximum absolute atomic E-state index is 12.9. The third-order valence-corrected chi connectivity index (χ3v) is 5.16. The lowest BCUT2D eigenvalue weighted by Gasteiger charge is -2.14. The summed E-state index contributed by atoms with van der Waals surface area (Å²) in [6.45, 7) is 0. The van der Waals surface area contributed by atoms with E-state index in [1.807, 2.05) is 5.32 Å². The smallest absolute Gasteiger partial charge is 0.416 e. The van der Waals surface area contributed by atoms with Crippen LogP contribution in [-0.4, -0.2) is 33.6 Å². The van der Waals surface area contributed by atoms with Crippen LogP contribution in [0.4, 0.5) is 32.0 Å². The van der Waals surface area contributed by atoms with Crippen LogP contribution < -0.4 is 15.9 Å². The maximum atomic E-state index is 12.9. The maximum Gasteiger partial charge on any atom is 0.416 e. The first-order valence-corrected chi connectivity index (χ1v) is 9.94. The molecule has 0 aliphatic rings. The molecule has 0 atom stereocenters. The van der Waals surface area contributed by atoms with E-state index >= 15 is 0 Å². The van der Waals surface area contributed by atoms with E-state index in [2.05, 4.69) is 10.2 Å². The number of nitrogen functional groups attached to an aromatic ring is 1. The molecule has 0 saturated heterocycles. The fourth-order valence-corrected chi connectivity index (χ4v) is 3.32. The number of hydrogen-bond donors (Lipinski definition) is 2. The van der Waals surface area contributed by atoms with Crippen molar-refractivity contribution in [1.82, 2.24) is 14.9 Å². The van der Waals surface area contributed by atoms with Crippen LogP contribution in [0, 0.1) is 0 Å². The third kappa shape index (κ3) is 5.88. The Balaban J connectivity index is 1.71. The summed E-state index contributed by atoms with van der Waals surface area (Å²) in [5.41, 5.74) is -3.11. The van der Waals surface area contributed by atoms with Crippen LogP contribution in [0.3, 0.4) is 0 Å². The summed E-state index contributed by atoms with van der Waals surface area (Å²) in [5.74, 6) is 5.56. The first-order chi connectivity index (χ1) is 15.4. The number of nitrogens with one attached hydrogen (secondary N) is 1. The fraction of sp³-hybridized carbons (Fsp3) is 0.211. The molecule has 3 aromatic rings. The van der Waals surface area contributed by atoms with Crippen molar-refractivity contribution < 1.29 is 35.9 Å². The van der Waals surface area contributed by atoms with E-state index in [1.54, 1.807) is 24.3 Å². The lowest BCUT2D eigenvalue weighted by atomic mass is 10.1. The van der Waals surface area contributed by atoms with Crippen molar-refractivity contribution in [3.63, 3.8) is 0 Å². The van der Waals surface area contributed by atoms with Gasteiger partial charge in [0, 0.05) is 11.3 Å². The van der Waals surface area contributed by atoms with Gasteiger partial charge in [-0.2, -0.15) is 26.3 Å². The van der Waals surface area contributed by atoms with E-state index in [4.69, 9.17) is 10.6 Å². The third-order valence-electron chi connectivity index (χ3n) is 4.22. The van der Waals surface area contributed by atoms with Crippen LogP contribution in [0.15, 0.2) is 47.6 Å². The van der Waals surface area contributed by atoms with Crippen molar-refractivity contribution in [2.45, 2.75) is 17.5 Å². The molecule has 7 nitrogen and oxygen atoms in total. The van der Waals surface area contributed by atoms with E-state index in [-0.39, 0.29) is 17.0 Å². The normalized spacial score (nSPS) is 12.0. The number of alkyl halides is 6. The molecule has 0 radical (unpaired) electrons. The number of benzene rings is 2. The number of rotatable bonds is 6. The number of hydrogen-bond acceptors (Lipinski definition) is 6. The molecule has 0 fully saturated rings. The Kier molecular flexibility index (Phi) is 6.76. The molecule has 0 spiro atoms. The Labute approximate surface area is 186 Å². The van der Waals surface area contributed by atoms with E-state index in [1.165, 1.54) is 7.11 Å². The van der Waals surface area contributed by atoms with Gasteiger partial charge in [-0.3, -0.25) is 4.79 Å². The fourth-order valence-electron chi connectivity index (χ4n) is 2.67. The molecule has 1 heterocycles. The molecular weight excluding hydrogens is 476 g/mol. The highest BCUT2D eigenvalue weighted by atomic mass is 32.2. The molecule has 2 aromatic carbocycles. The number of nitrogens with zero attached hydrogens (tertiary/aromatic N) is 3. The number of anilines is 1. The molecule has 0 aliphatic carbocycles. The van der Waals surface area contributed by atoms with Gasteiger partial charge in [-0.25, -0.2) is 4.68 Å². The minimum atomic E-state index is -5.02. The van der Waals surface area contributed by atoms with Crippen molar-refractivity contribution in [3.05, 3.63) is 53.6 Å². The summed E-state index contributed by atoms with van der Waals surface area (Å²) < 4.78 is 83.9. The number of aromatic nitrogens is 3. The average Bonchev–Trinajstić information content (AvgIpc) is 3.11. The number of ether oxygens (including phenoxy) is 1. The monoisotopic (exact) mass is 491 g/mol. The lowest BCUT2D eigenvalue weighted by Crippen LogP contribution is -2.18. The minimum absolute atomic E-state index is 0.0258. The minimum Gasteiger partial charge on any atom is -0.497 e. The van der Waals surface area contributed by atoms with Gasteiger partial charge in [0.15, 0.2) is 5.82 Å². The van der Waals surface area contributed by atoms with Crippen molar-refractivity contribution in [2.75, 3.05) is 24.0 Å². The van der Waals surface area contributed by atoms with Gasteiger partial charge in [-0.05, 0) is 42.5 Å². The van der Waals surface area contributed by atoms with E-state index in [0.29, 0.717) is 23.4 Å². The van der Waals surface area contributed by atoms with Gasteiger partial charge >= 0.3 is 12.4 Å². The number of halogens is 6. The van der Waals surface area contributed by atoms with Gasteiger partial charge in [0.2, 0.25) is 11.1 Å². The SMILES string of the molecule is COc1ccc(-c2nnc(SCC(=O)Nc3cc(C(F)(F)F)cc(C(F)(F)F)c3)n2N)cc1. The Hall–Kier alpha value is -3.42. The zero-order valence-electron chi connectivity index (χ0n) is 16.7. The van der Waals surface area contributed by atoms with Crippen LogP contribution in [0.25, 0.3) is 11.4 Å². The second-order valence-corrected chi connectivity index (χ2v) is 7.48. The molecule has 1 aromatic heterocycles. The van der Waals surface area contributed by atoms with Gasteiger partial charge in [-0.1, -0.05) is 11.8 Å². The van der Waals surface area contributed by atoms with E-state index in [9.17, 15) is 31.1 Å². The summed E-state index contributed by atoms with van der Waals surface area (Å²) in [6, 6.07) is 7.53. The highest BCUT2D eigenvalue weighted by molar-refractivity contribution is 7.99. The Morgan fingerprint density at radius 1 is 1.03 bits per heavy atom. The van der Waals surface area contributed by atoms with Gasteiger partial charge in [0.1, 0.15) is 5.75 Å². The Morgan fingerprint density at radius 2 is 1.61 bits per heavy atom. The number of amides is 1. The standard InChI is InChI=1S/C19H15F6N5O2S/c1-32-14-4-2-10(3-5-14)16-28-29-17(30(16)26)33-9-15(31)27-13-7-11(18(20,21)22)6-12(8-13)19(23,24)25/h2-8H,9,26H2,1H3,(H,27,31). The summed E-state index contributed by atoms with van der Waals surface area (Å²) in [5, 5.41) is 9.92. The van der Waals surface area contributed by atoms with Crippen molar-refractivity contribution in [1.29, 1.82) is 0 Å². The first kappa shape index (κ1) is 24.2. The molecule has 14 heteroatoms. The van der Waals surface area contributed by atoms with Crippen molar-refractivity contribution >= 4 is 23.4 Å². The summed E-state index contributed by atoms with van der Waals surface area (Å²) in [6.07, 6.45) is -10.0. The van der Waals surface area contributed by atoms with Gasteiger partial charge in [0.05, 0.1) is 24.0 Å². The van der Waals surface area contributed by atoms with Gasteiger partial charge in [0.25, 0.3) is 0 Å². The molecule has 1 amide bonds. The zero-order valence-corrected chi connectivity index (χ0v) is 17.5. The number of thioether (sulfide) groups is 1. The van der Waals surface area contributed by atoms with Crippen LogP contribution in [0.5, 0.6) is 5.75 Å². The van der Waals surface area contributed by atoms with Crippen LogP contribution >= 0.6 is 11.8 Å². The Bertz CT molecular complexity index is 1110. The average molecular weight is 491 g/mol. The zero-order chi connectivity index (χ0) is 24.4. The predicted molar refractivity (Wildman–Crippen MR) is 108 cm³/mol. The van der Waals surface area contributed by atoms with Crippen LogP contribution in [0.1, 0.15) is 11.1 Å². The highest BCUT2D eigenvalue weighted by Gasteiger charge is 2.37. The lowest BCUT2D eigenvalue weighted by molar-refractivity contribution is -0.143. The largest absolute Gasteiger partial charge is 0.497 e. The molecule has 0 unspecified atom stereocenters. The molecule has 3 N–H and O–H groups in total. The van der Waals surface area contributed by atoms with E-state index < -0.39 is 40.8 Å². The van der Waals surface area contributed by atoms with Crippen LogP contribution in [0.2, 0.25) is 0 Å². The number of methoxy groups -OCH3 is 1. The predicted octanol–water partition coefficient (Wildman–Crippen LogP) is 4.44. The van der Waals surface area contributed by atoms with Crippen LogP contribution in [-0.2, 0) is 17.1 Å². The number of carbonyl (C=O) groups excluding carboxylic acids is 1. The van der Waals surface area contributed by atoms with Gasteiger partial charge < -0.3 is 15.9 Å². The summed E-state index contributed by atoms with van der Waals surface area (Å²) in [7, 11) is 1.50. The first-order valence-electron chi connectivity index (χ1n) is 8.95. The molecule has 176 valence electrons. The quantitative estimate of drug-likeness (QED) is 0.301. The Morgan fingerprint density at radius 3 is 2.12 bits per heavy atom. The molecule has 33 heavy (non-hydrogen) atoms. The summed E-state index contributed by atoms with van der Waals surface area (Å²) >= 11 is 0.800. The molecule has 3 rings (SSSR count). The number of carbonyl (C=O) groups is 1. The highest BCUT2D eigenvalue weighted by Crippen LogP contribution is 2.37. The number of nitrogens with two attached hydrogens (primary N) is 1. The van der Waals surface area contributed by atoms with Gasteiger partial charge in [-0.15, -0.1) is 10.2 Å². The molecular formula is C19H15F6N5O2S. The second-order valence-electron chi connectivity index (χ2n) is 6.54. The molecule has 0 bridgehead atoms. The van der Waals surface area contributed by atoms with Crippen molar-refractivity contribution in [3.8, 4) is 17.1 Å². The second kappa shape index (κ2) is 9.21. The van der Waals surface area contributed by atoms with Crippen molar-refractivity contribution in [2.24, 2.45) is 0 Å². The topological polar surface area (TPSA) is 95.1 Å². The molecule has 0 saturated carbocycles.